The Morgan fingerprint density at radius 1 is 1.00 bits per heavy atom. The minimum Gasteiger partial charge on any atom is -0.502 e. The van der Waals surface area contributed by atoms with Crippen molar-refractivity contribution in [2.45, 2.75) is 12.0 Å². The maximum Gasteiger partial charge on any atom is 0.310 e. The molecule has 0 radical (unpaired) electrons. The second-order valence-electron chi connectivity index (χ2n) is 9.66. The van der Waals surface area contributed by atoms with Crippen molar-refractivity contribution in [1.29, 1.82) is 0 Å². The van der Waals surface area contributed by atoms with Crippen LogP contribution in [0.25, 0.3) is 0 Å². The fourth-order valence-electron chi connectivity index (χ4n) is 5.80. The summed E-state index contributed by atoms with van der Waals surface area (Å²) in [6.07, 6.45) is 0. The van der Waals surface area contributed by atoms with Crippen molar-refractivity contribution in [2.24, 2.45) is 11.8 Å². The van der Waals surface area contributed by atoms with Gasteiger partial charge in [0.05, 0.1) is 37.7 Å². The van der Waals surface area contributed by atoms with Gasteiger partial charge < -0.3 is 34.1 Å². The molecule has 12 nitrogen and oxygen atoms in total. The molecule has 0 saturated carbocycles. The standard InChI is InChI=1S/C28H24N2O10/c1-36-21-7-14(8-22(37-2)26(21)31)23-16-9-19-20(40-12-39-19)10-17(16)25(18-11-38-28(33)24(18)23)29-27(32)13-3-5-15(6-4-13)30(34)35/h3-10,18,23-25,31H,11-12H2,1-2H3,(H,29,32)/t18?,23-,24+,25-/m1/s1. The number of esters is 1. The number of nitrogens with zero attached hydrogens (tertiary/aromatic N) is 1. The number of cyclic esters (lactones) is 1. The van der Waals surface area contributed by atoms with Crippen LogP contribution in [-0.4, -0.2) is 49.5 Å². The number of carbonyl (C=O) groups excluding carboxylic acids is 2. The zero-order chi connectivity index (χ0) is 28.1. The number of nitrogens with one attached hydrogen (secondary N) is 1. The lowest BCUT2D eigenvalue weighted by Crippen LogP contribution is -2.42. The number of methoxy groups -OCH3 is 2. The van der Waals surface area contributed by atoms with Crippen LogP contribution in [-0.2, 0) is 9.53 Å². The molecule has 0 aromatic heterocycles. The molecule has 0 spiro atoms. The van der Waals surface area contributed by atoms with Crippen molar-refractivity contribution in [1.82, 2.24) is 5.32 Å². The minimum atomic E-state index is -0.700. The van der Waals surface area contributed by atoms with Crippen LogP contribution in [0.1, 0.15) is 39.0 Å². The lowest BCUT2D eigenvalue weighted by Gasteiger charge is -2.39. The van der Waals surface area contributed by atoms with Crippen LogP contribution in [0.5, 0.6) is 28.7 Å². The molecule has 1 amide bonds. The Balaban J connectivity index is 1.48. The number of rotatable bonds is 6. The Morgan fingerprint density at radius 3 is 2.23 bits per heavy atom. The zero-order valence-electron chi connectivity index (χ0n) is 21.4. The SMILES string of the molecule is COc1cc([C@@H]2c3cc4c(cc3[C@@H](NC(=O)c3ccc([N+](=O)[O-])cc3)C3COC(=O)[C@@H]32)OCO4)cc(OC)c1O. The monoisotopic (exact) mass is 548 g/mol. The fourth-order valence-corrected chi connectivity index (χ4v) is 5.80. The van der Waals surface area contributed by atoms with Gasteiger partial charge >= 0.3 is 5.97 Å². The zero-order valence-corrected chi connectivity index (χ0v) is 21.4. The molecule has 3 aromatic carbocycles. The number of fused-ring (bicyclic) bond motifs is 3. The molecule has 12 heteroatoms. The lowest BCUT2D eigenvalue weighted by atomic mass is 9.65. The van der Waals surface area contributed by atoms with Crippen molar-refractivity contribution >= 4 is 17.6 Å². The van der Waals surface area contributed by atoms with Gasteiger partial charge in [0.15, 0.2) is 23.0 Å². The number of amides is 1. The van der Waals surface area contributed by atoms with Crippen LogP contribution >= 0.6 is 0 Å². The highest BCUT2D eigenvalue weighted by Gasteiger charge is 2.53. The molecule has 206 valence electrons. The first kappa shape index (κ1) is 25.3. The Kier molecular flexibility index (Phi) is 6.09. The van der Waals surface area contributed by atoms with E-state index in [0.717, 1.165) is 0 Å². The molecule has 2 aliphatic heterocycles. The number of benzene rings is 3. The van der Waals surface area contributed by atoms with Crippen molar-refractivity contribution in [2.75, 3.05) is 27.6 Å². The third kappa shape index (κ3) is 3.99. The summed E-state index contributed by atoms with van der Waals surface area (Å²) in [6, 6.07) is 11.5. The van der Waals surface area contributed by atoms with E-state index in [1.807, 2.05) is 0 Å². The van der Waals surface area contributed by atoms with Crippen LogP contribution in [0, 0.1) is 22.0 Å². The number of nitro benzene ring substituents is 1. The molecule has 40 heavy (non-hydrogen) atoms. The molecule has 4 atom stereocenters. The summed E-state index contributed by atoms with van der Waals surface area (Å²) in [5, 5.41) is 24.6. The predicted octanol–water partition coefficient (Wildman–Crippen LogP) is 3.45. The van der Waals surface area contributed by atoms with Crippen LogP contribution in [0.4, 0.5) is 5.69 Å². The van der Waals surface area contributed by atoms with E-state index < -0.39 is 40.6 Å². The number of nitro groups is 1. The van der Waals surface area contributed by atoms with E-state index in [9.17, 15) is 24.8 Å². The first-order chi connectivity index (χ1) is 19.3. The van der Waals surface area contributed by atoms with Gasteiger partial charge in [-0.3, -0.25) is 19.7 Å². The van der Waals surface area contributed by atoms with Gasteiger partial charge in [-0.1, -0.05) is 0 Å². The summed E-state index contributed by atoms with van der Waals surface area (Å²) in [5.74, 6) is -1.45. The van der Waals surface area contributed by atoms with Gasteiger partial charge in [0.2, 0.25) is 12.5 Å². The molecule has 1 saturated heterocycles. The number of phenolic OH excluding ortho intramolecular Hbond substituents is 1. The number of aromatic hydroxyl groups is 1. The second kappa shape index (κ2) is 9.63. The van der Waals surface area contributed by atoms with Crippen molar-refractivity contribution in [3.63, 3.8) is 0 Å². The summed E-state index contributed by atoms with van der Waals surface area (Å²) in [5.41, 5.74) is 2.14. The smallest absolute Gasteiger partial charge is 0.310 e. The van der Waals surface area contributed by atoms with Gasteiger partial charge in [0, 0.05) is 29.5 Å². The number of ether oxygens (including phenoxy) is 5. The number of carbonyl (C=O) groups is 2. The predicted molar refractivity (Wildman–Crippen MR) is 137 cm³/mol. The summed E-state index contributed by atoms with van der Waals surface area (Å²) in [4.78, 5) is 37.1. The molecule has 2 N–H and O–H groups in total. The minimum absolute atomic E-state index is 0.0263. The van der Waals surface area contributed by atoms with Crippen molar-refractivity contribution in [3.05, 3.63) is 80.9 Å². The van der Waals surface area contributed by atoms with E-state index in [2.05, 4.69) is 5.32 Å². The number of phenols is 1. The summed E-state index contributed by atoms with van der Waals surface area (Å²) in [6.45, 7) is 0.0872. The maximum absolute atomic E-state index is 13.3. The van der Waals surface area contributed by atoms with Gasteiger partial charge in [0.25, 0.3) is 11.6 Å². The molecule has 3 aliphatic rings. The fraction of sp³-hybridized carbons (Fsp3) is 0.286. The number of hydrogen-bond donors (Lipinski definition) is 2. The third-order valence-electron chi connectivity index (χ3n) is 7.68. The average molecular weight is 549 g/mol. The third-order valence-corrected chi connectivity index (χ3v) is 7.68. The largest absolute Gasteiger partial charge is 0.502 e. The maximum atomic E-state index is 13.3. The Morgan fingerprint density at radius 2 is 1.62 bits per heavy atom. The highest BCUT2D eigenvalue weighted by Crippen LogP contribution is 2.55. The van der Waals surface area contributed by atoms with E-state index in [1.54, 1.807) is 24.3 Å². The van der Waals surface area contributed by atoms with Crippen LogP contribution in [0.15, 0.2) is 48.5 Å². The number of non-ortho nitro benzene ring substituents is 1. The molecule has 1 fully saturated rings. The lowest BCUT2D eigenvalue weighted by molar-refractivity contribution is -0.384. The first-order valence-electron chi connectivity index (χ1n) is 12.4. The Bertz CT molecular complexity index is 1510. The Hall–Kier alpha value is -5.00. The highest BCUT2D eigenvalue weighted by molar-refractivity contribution is 5.95. The van der Waals surface area contributed by atoms with Crippen LogP contribution < -0.4 is 24.3 Å². The molecular weight excluding hydrogens is 524 g/mol. The van der Waals surface area contributed by atoms with E-state index in [1.165, 1.54) is 38.5 Å². The van der Waals surface area contributed by atoms with E-state index >= 15 is 0 Å². The van der Waals surface area contributed by atoms with E-state index in [4.69, 9.17) is 23.7 Å². The Labute approximate surface area is 227 Å². The molecule has 2 heterocycles. The molecule has 1 aliphatic carbocycles. The van der Waals surface area contributed by atoms with Gasteiger partial charge in [-0.25, -0.2) is 0 Å². The topological polar surface area (TPSA) is 156 Å². The van der Waals surface area contributed by atoms with Crippen LogP contribution in [0.3, 0.4) is 0 Å². The van der Waals surface area contributed by atoms with Crippen molar-refractivity contribution in [3.8, 4) is 28.7 Å². The van der Waals surface area contributed by atoms with Gasteiger partial charge in [-0.05, 0) is 53.1 Å². The molecular formula is C28H24N2O10. The summed E-state index contributed by atoms with van der Waals surface area (Å²) >= 11 is 0. The van der Waals surface area contributed by atoms with E-state index in [-0.39, 0.29) is 41.9 Å². The van der Waals surface area contributed by atoms with Gasteiger partial charge in [0.1, 0.15) is 0 Å². The quantitative estimate of drug-likeness (QED) is 0.266. The summed E-state index contributed by atoms with van der Waals surface area (Å²) in [7, 11) is 2.84. The van der Waals surface area contributed by atoms with Gasteiger partial charge in [-0.2, -0.15) is 0 Å². The van der Waals surface area contributed by atoms with Crippen LogP contribution in [0.2, 0.25) is 0 Å². The normalized spacial score (nSPS) is 22.1. The molecule has 3 aromatic rings. The molecule has 6 rings (SSSR count). The second-order valence-corrected chi connectivity index (χ2v) is 9.66. The summed E-state index contributed by atoms with van der Waals surface area (Å²) < 4.78 is 27.6. The van der Waals surface area contributed by atoms with Crippen molar-refractivity contribution < 1.29 is 43.3 Å². The average Bonchev–Trinajstić information content (AvgIpc) is 3.58. The first-order valence-corrected chi connectivity index (χ1v) is 12.4. The van der Waals surface area contributed by atoms with E-state index in [0.29, 0.717) is 28.2 Å². The number of hydrogen-bond acceptors (Lipinski definition) is 10. The molecule has 0 bridgehead atoms. The highest BCUT2D eigenvalue weighted by atomic mass is 16.7. The molecule has 1 unspecified atom stereocenters. The van der Waals surface area contributed by atoms with Gasteiger partial charge in [-0.15, -0.1) is 0 Å².